The van der Waals surface area contributed by atoms with Gasteiger partial charge in [-0.3, -0.25) is 14.5 Å². The predicted octanol–water partition coefficient (Wildman–Crippen LogP) is 1.42. The molecule has 5 heteroatoms. The number of imide groups is 1. The molecule has 1 N–H and O–H groups in total. The van der Waals surface area contributed by atoms with Crippen LogP contribution < -0.4 is 5.32 Å². The van der Waals surface area contributed by atoms with Crippen LogP contribution in [0.3, 0.4) is 0 Å². The first-order valence-corrected chi connectivity index (χ1v) is 7.33. The molecule has 1 aromatic carbocycles. The van der Waals surface area contributed by atoms with Crippen LogP contribution in [0.4, 0.5) is 0 Å². The van der Waals surface area contributed by atoms with E-state index in [0.29, 0.717) is 6.54 Å². The molecular formula is C16H22N2O3. The normalized spacial score (nSPS) is 17.1. The van der Waals surface area contributed by atoms with E-state index in [9.17, 15) is 9.59 Å². The van der Waals surface area contributed by atoms with Gasteiger partial charge >= 0.3 is 0 Å². The van der Waals surface area contributed by atoms with E-state index in [4.69, 9.17) is 4.74 Å². The van der Waals surface area contributed by atoms with Crippen molar-refractivity contribution in [3.05, 3.63) is 35.4 Å². The molecule has 0 saturated carbocycles. The third-order valence-corrected chi connectivity index (χ3v) is 3.62. The lowest BCUT2D eigenvalue weighted by Crippen LogP contribution is -2.49. The number of aryl methyl sites for hydroxylation is 1. The predicted molar refractivity (Wildman–Crippen MR) is 79.8 cm³/mol. The number of morpholine rings is 1. The molecule has 2 amide bonds. The fraction of sp³-hybridized carbons (Fsp3) is 0.500. The first kappa shape index (κ1) is 15.7. The van der Waals surface area contributed by atoms with Gasteiger partial charge in [0.25, 0.3) is 11.8 Å². The number of nitrogens with one attached hydrogen (secondary N) is 1. The van der Waals surface area contributed by atoms with Gasteiger partial charge in [0.2, 0.25) is 0 Å². The number of carbonyl (C=O) groups is 2. The molecule has 0 radical (unpaired) electrons. The van der Waals surface area contributed by atoms with Gasteiger partial charge in [-0.2, -0.15) is 0 Å². The second kappa shape index (κ2) is 7.33. The third-order valence-electron chi connectivity index (χ3n) is 3.62. The van der Waals surface area contributed by atoms with E-state index in [1.165, 1.54) is 4.90 Å². The van der Waals surface area contributed by atoms with Crippen molar-refractivity contribution in [2.75, 3.05) is 26.3 Å². The number of ether oxygens (including phenoxy) is 1. The van der Waals surface area contributed by atoms with Crippen LogP contribution in [0.15, 0.2) is 24.3 Å². The largest absolute Gasteiger partial charge is 0.362 e. The Kier molecular flexibility index (Phi) is 5.47. The number of rotatable bonds is 6. The van der Waals surface area contributed by atoms with E-state index < -0.39 is 0 Å². The zero-order valence-corrected chi connectivity index (χ0v) is 12.6. The van der Waals surface area contributed by atoms with Crippen molar-refractivity contribution in [1.82, 2.24) is 10.2 Å². The first-order chi connectivity index (χ1) is 10.1. The van der Waals surface area contributed by atoms with Crippen LogP contribution in [-0.2, 0) is 14.3 Å². The number of amides is 2. The molecular weight excluding hydrogens is 268 g/mol. The summed E-state index contributed by atoms with van der Waals surface area (Å²) >= 11 is 0. The molecule has 1 fully saturated rings. The number of carbonyl (C=O) groups excluding carboxylic acids is 2. The molecule has 0 bridgehead atoms. The summed E-state index contributed by atoms with van der Waals surface area (Å²) in [5, 5.41) is 3.43. The van der Waals surface area contributed by atoms with E-state index in [2.05, 4.69) is 12.2 Å². The monoisotopic (exact) mass is 290 g/mol. The van der Waals surface area contributed by atoms with Gasteiger partial charge in [0.1, 0.15) is 13.2 Å². The van der Waals surface area contributed by atoms with Crippen molar-refractivity contribution >= 4 is 11.8 Å². The topological polar surface area (TPSA) is 58.6 Å². The maximum absolute atomic E-state index is 11.9. The second-order valence-electron chi connectivity index (χ2n) is 5.25. The van der Waals surface area contributed by atoms with Crippen LogP contribution in [0.5, 0.6) is 0 Å². The van der Waals surface area contributed by atoms with E-state index in [1.807, 2.05) is 31.2 Å². The summed E-state index contributed by atoms with van der Waals surface area (Å²) in [5.74, 6) is -0.522. The van der Waals surface area contributed by atoms with E-state index in [0.717, 1.165) is 24.1 Å². The second-order valence-corrected chi connectivity index (χ2v) is 5.25. The lowest BCUT2D eigenvalue weighted by atomic mass is 10.0. The molecule has 1 aliphatic rings. The van der Waals surface area contributed by atoms with Gasteiger partial charge in [-0.25, -0.2) is 0 Å². The number of benzene rings is 1. The lowest BCUT2D eigenvalue weighted by Gasteiger charge is -2.30. The van der Waals surface area contributed by atoms with Gasteiger partial charge in [-0.1, -0.05) is 31.2 Å². The Bertz CT molecular complexity index is 500. The summed E-state index contributed by atoms with van der Waals surface area (Å²) in [6.07, 6.45) is 0.993. The van der Waals surface area contributed by atoms with Gasteiger partial charge in [0.05, 0.1) is 6.04 Å². The fourth-order valence-electron chi connectivity index (χ4n) is 2.48. The Balaban J connectivity index is 2.18. The zero-order chi connectivity index (χ0) is 15.2. The van der Waals surface area contributed by atoms with Crippen LogP contribution in [0.2, 0.25) is 0 Å². The number of hydrogen-bond donors (Lipinski definition) is 1. The van der Waals surface area contributed by atoms with Crippen LogP contribution in [0.1, 0.15) is 30.5 Å². The summed E-state index contributed by atoms with van der Waals surface area (Å²) in [4.78, 5) is 25.1. The minimum Gasteiger partial charge on any atom is -0.362 e. The van der Waals surface area contributed by atoms with Crippen molar-refractivity contribution in [2.45, 2.75) is 26.3 Å². The molecule has 1 saturated heterocycles. The lowest BCUT2D eigenvalue weighted by molar-refractivity contribution is -0.158. The summed E-state index contributed by atoms with van der Waals surface area (Å²) in [5.41, 5.74) is 2.28. The molecule has 0 aliphatic carbocycles. The van der Waals surface area contributed by atoms with E-state index in [-0.39, 0.29) is 31.1 Å². The van der Waals surface area contributed by atoms with Crippen molar-refractivity contribution in [1.29, 1.82) is 0 Å². The van der Waals surface area contributed by atoms with E-state index in [1.54, 1.807) is 0 Å². The Hall–Kier alpha value is -1.72. The molecule has 21 heavy (non-hydrogen) atoms. The maximum Gasteiger partial charge on any atom is 0.255 e. The minimum absolute atomic E-state index is 0.0139. The number of hydrogen-bond acceptors (Lipinski definition) is 4. The highest BCUT2D eigenvalue weighted by Gasteiger charge is 2.29. The highest BCUT2D eigenvalue weighted by atomic mass is 16.5. The quantitative estimate of drug-likeness (QED) is 0.805. The van der Waals surface area contributed by atoms with Crippen LogP contribution in [0.25, 0.3) is 0 Å². The van der Waals surface area contributed by atoms with Gasteiger partial charge in [0.15, 0.2) is 0 Å². The Morgan fingerprint density at radius 3 is 2.52 bits per heavy atom. The van der Waals surface area contributed by atoms with Crippen LogP contribution >= 0.6 is 0 Å². The summed E-state index contributed by atoms with van der Waals surface area (Å²) < 4.78 is 4.96. The maximum atomic E-state index is 11.9. The molecule has 1 aliphatic heterocycles. The molecule has 1 unspecified atom stereocenters. The molecule has 114 valence electrons. The van der Waals surface area contributed by atoms with Crippen LogP contribution in [-0.4, -0.2) is 43.0 Å². The Morgan fingerprint density at radius 2 is 1.90 bits per heavy atom. The standard InChI is InChI=1S/C16H22N2O3/c1-3-8-17-14(13-7-5-4-6-12(13)2)9-18-15(19)10-21-11-16(18)20/h4-7,14,17H,3,8-11H2,1-2H3. The molecule has 5 nitrogen and oxygen atoms in total. The van der Waals surface area contributed by atoms with Crippen molar-refractivity contribution < 1.29 is 14.3 Å². The average molecular weight is 290 g/mol. The molecule has 0 aromatic heterocycles. The molecule has 1 aromatic rings. The van der Waals surface area contributed by atoms with E-state index >= 15 is 0 Å². The Morgan fingerprint density at radius 1 is 1.24 bits per heavy atom. The highest BCUT2D eigenvalue weighted by Crippen LogP contribution is 2.19. The van der Waals surface area contributed by atoms with Gasteiger partial charge in [-0.05, 0) is 31.0 Å². The van der Waals surface area contributed by atoms with Gasteiger partial charge in [-0.15, -0.1) is 0 Å². The van der Waals surface area contributed by atoms with Gasteiger partial charge < -0.3 is 10.1 Å². The Labute approximate surface area is 125 Å². The first-order valence-electron chi connectivity index (χ1n) is 7.33. The number of nitrogens with zero attached hydrogens (tertiary/aromatic N) is 1. The average Bonchev–Trinajstić information content (AvgIpc) is 2.47. The molecule has 2 rings (SSSR count). The SMILES string of the molecule is CCCNC(CN1C(=O)COCC1=O)c1ccccc1C. The van der Waals surface area contributed by atoms with Gasteiger partial charge in [0, 0.05) is 6.54 Å². The third kappa shape index (κ3) is 3.89. The summed E-state index contributed by atoms with van der Waals surface area (Å²) in [6.45, 7) is 5.30. The summed E-state index contributed by atoms with van der Waals surface area (Å²) in [7, 11) is 0. The summed E-state index contributed by atoms with van der Waals surface area (Å²) in [6, 6.07) is 8.00. The van der Waals surface area contributed by atoms with Crippen molar-refractivity contribution in [3.63, 3.8) is 0 Å². The molecule has 1 heterocycles. The minimum atomic E-state index is -0.261. The smallest absolute Gasteiger partial charge is 0.255 e. The zero-order valence-electron chi connectivity index (χ0n) is 12.6. The molecule has 1 atom stereocenters. The fourth-order valence-corrected chi connectivity index (χ4v) is 2.48. The van der Waals surface area contributed by atoms with Crippen molar-refractivity contribution in [3.8, 4) is 0 Å². The highest BCUT2D eigenvalue weighted by molar-refractivity contribution is 5.98. The van der Waals surface area contributed by atoms with Crippen molar-refractivity contribution in [2.24, 2.45) is 0 Å². The van der Waals surface area contributed by atoms with Crippen LogP contribution in [0, 0.1) is 6.92 Å². The molecule has 0 spiro atoms.